The topological polar surface area (TPSA) is 55.1 Å². The van der Waals surface area contributed by atoms with Gasteiger partial charge in [0.1, 0.15) is 11.3 Å². The minimum absolute atomic E-state index is 0.257. The summed E-state index contributed by atoms with van der Waals surface area (Å²) in [5.41, 5.74) is 0.867. The van der Waals surface area contributed by atoms with E-state index in [1.165, 1.54) is 0 Å². The number of aryl methyl sites for hydroxylation is 1. The third-order valence-corrected chi connectivity index (χ3v) is 4.26. The normalized spacial score (nSPS) is 11.2. The predicted octanol–water partition coefficient (Wildman–Crippen LogP) is 3.98. The van der Waals surface area contributed by atoms with E-state index in [0.717, 1.165) is 22.6 Å². The number of thiophene rings is 1. The Morgan fingerprint density at radius 3 is 2.58 bits per heavy atom. The zero-order valence-corrected chi connectivity index (χ0v) is 12.2. The van der Waals surface area contributed by atoms with Crippen molar-refractivity contribution in [3.8, 4) is 10.6 Å². The highest BCUT2D eigenvalue weighted by Gasteiger charge is 2.20. The summed E-state index contributed by atoms with van der Waals surface area (Å²) in [6.45, 7) is 6.18. The molecule has 0 unspecified atom stereocenters. The standard InChI is InChI=1S/C14H18N2O2S/c1-4-10(5-2)16-8-11(14(17)18)13(15-16)12-7-6-9(3)19-12/h6-8,10H,4-5H2,1-3H3,(H,17,18). The molecule has 0 amide bonds. The summed E-state index contributed by atoms with van der Waals surface area (Å²) in [6.07, 6.45) is 3.55. The number of carboxylic acid groups (broad SMARTS) is 1. The summed E-state index contributed by atoms with van der Waals surface area (Å²) >= 11 is 1.57. The van der Waals surface area contributed by atoms with Crippen molar-refractivity contribution < 1.29 is 9.90 Å². The van der Waals surface area contributed by atoms with Gasteiger partial charge in [-0.3, -0.25) is 4.68 Å². The molecule has 4 nitrogen and oxygen atoms in total. The molecule has 0 saturated heterocycles. The third kappa shape index (κ3) is 2.71. The first kappa shape index (κ1) is 13.8. The summed E-state index contributed by atoms with van der Waals surface area (Å²) < 4.78 is 1.80. The molecule has 2 aromatic heterocycles. The quantitative estimate of drug-likeness (QED) is 0.900. The van der Waals surface area contributed by atoms with Gasteiger partial charge in [0, 0.05) is 11.1 Å². The SMILES string of the molecule is CCC(CC)n1cc(C(=O)O)c(-c2ccc(C)s2)n1. The van der Waals surface area contributed by atoms with Crippen molar-refractivity contribution in [2.75, 3.05) is 0 Å². The average Bonchev–Trinajstić information content (AvgIpc) is 2.97. The molecule has 0 atom stereocenters. The van der Waals surface area contributed by atoms with E-state index in [-0.39, 0.29) is 11.6 Å². The molecule has 19 heavy (non-hydrogen) atoms. The number of carbonyl (C=O) groups is 1. The highest BCUT2D eigenvalue weighted by atomic mass is 32.1. The Morgan fingerprint density at radius 2 is 2.11 bits per heavy atom. The Hall–Kier alpha value is -1.62. The molecule has 2 heterocycles. The fourth-order valence-electron chi connectivity index (χ4n) is 2.14. The minimum atomic E-state index is -0.918. The number of rotatable bonds is 5. The average molecular weight is 278 g/mol. The van der Waals surface area contributed by atoms with Crippen LogP contribution in [0.2, 0.25) is 0 Å². The molecule has 1 N–H and O–H groups in total. The van der Waals surface area contributed by atoms with Gasteiger partial charge < -0.3 is 5.11 Å². The van der Waals surface area contributed by atoms with Crippen LogP contribution in [0.1, 0.15) is 48.0 Å². The number of hydrogen-bond donors (Lipinski definition) is 1. The second-order valence-electron chi connectivity index (χ2n) is 4.56. The van der Waals surface area contributed by atoms with E-state index in [9.17, 15) is 9.90 Å². The van der Waals surface area contributed by atoms with Crippen molar-refractivity contribution in [1.82, 2.24) is 9.78 Å². The van der Waals surface area contributed by atoms with E-state index in [2.05, 4.69) is 18.9 Å². The number of aromatic carboxylic acids is 1. The van der Waals surface area contributed by atoms with Crippen LogP contribution in [-0.4, -0.2) is 20.9 Å². The monoisotopic (exact) mass is 278 g/mol. The molecule has 0 aliphatic heterocycles. The van der Waals surface area contributed by atoms with Crippen LogP contribution in [0, 0.1) is 6.92 Å². The maximum atomic E-state index is 11.4. The van der Waals surface area contributed by atoms with Crippen LogP contribution in [0.25, 0.3) is 10.6 Å². The third-order valence-electron chi connectivity index (χ3n) is 3.25. The largest absolute Gasteiger partial charge is 0.478 e. The summed E-state index contributed by atoms with van der Waals surface area (Å²) in [5.74, 6) is -0.918. The number of hydrogen-bond acceptors (Lipinski definition) is 3. The lowest BCUT2D eigenvalue weighted by Gasteiger charge is -2.12. The molecular weight excluding hydrogens is 260 g/mol. The molecule has 0 aliphatic carbocycles. The first-order valence-corrected chi connectivity index (χ1v) is 7.27. The second kappa shape index (κ2) is 5.57. The molecule has 2 aromatic rings. The molecule has 0 bridgehead atoms. The molecule has 0 fully saturated rings. The van der Waals surface area contributed by atoms with Gasteiger partial charge in [0.15, 0.2) is 0 Å². The van der Waals surface area contributed by atoms with Crippen LogP contribution in [0.4, 0.5) is 0 Å². The maximum absolute atomic E-state index is 11.4. The van der Waals surface area contributed by atoms with E-state index in [0.29, 0.717) is 5.69 Å². The Kier molecular flexibility index (Phi) is 4.04. The molecule has 0 aliphatic rings. The van der Waals surface area contributed by atoms with Gasteiger partial charge in [0.2, 0.25) is 0 Å². The molecule has 5 heteroatoms. The molecule has 0 saturated carbocycles. The zero-order valence-electron chi connectivity index (χ0n) is 11.4. The number of carboxylic acids is 1. The fourth-order valence-corrected chi connectivity index (χ4v) is 3.01. The van der Waals surface area contributed by atoms with E-state index >= 15 is 0 Å². The molecule has 0 aromatic carbocycles. The fraction of sp³-hybridized carbons (Fsp3) is 0.429. The lowest BCUT2D eigenvalue weighted by Crippen LogP contribution is -2.07. The lowest BCUT2D eigenvalue weighted by molar-refractivity contribution is 0.0697. The molecule has 102 valence electrons. The molecule has 2 rings (SSSR count). The highest BCUT2D eigenvalue weighted by Crippen LogP contribution is 2.30. The van der Waals surface area contributed by atoms with Crippen molar-refractivity contribution in [3.05, 3.63) is 28.8 Å². The van der Waals surface area contributed by atoms with E-state index < -0.39 is 5.97 Å². The van der Waals surface area contributed by atoms with Crippen molar-refractivity contribution >= 4 is 17.3 Å². The number of aromatic nitrogens is 2. The molecular formula is C14H18N2O2S. The van der Waals surface area contributed by atoms with Crippen LogP contribution in [-0.2, 0) is 0 Å². The zero-order chi connectivity index (χ0) is 14.0. The van der Waals surface area contributed by atoms with Gasteiger partial charge in [0.25, 0.3) is 0 Å². The van der Waals surface area contributed by atoms with Gasteiger partial charge in [-0.15, -0.1) is 11.3 Å². The summed E-state index contributed by atoms with van der Waals surface area (Å²) in [5, 5.41) is 13.8. The van der Waals surface area contributed by atoms with E-state index in [1.54, 1.807) is 22.2 Å². The van der Waals surface area contributed by atoms with Gasteiger partial charge in [-0.2, -0.15) is 5.10 Å². The molecule has 0 radical (unpaired) electrons. The van der Waals surface area contributed by atoms with Crippen LogP contribution < -0.4 is 0 Å². The van der Waals surface area contributed by atoms with E-state index in [1.807, 2.05) is 19.1 Å². The summed E-state index contributed by atoms with van der Waals surface area (Å²) in [4.78, 5) is 13.4. The van der Waals surface area contributed by atoms with Gasteiger partial charge in [-0.25, -0.2) is 4.79 Å². The first-order chi connectivity index (χ1) is 9.06. The van der Waals surface area contributed by atoms with Gasteiger partial charge in [0.05, 0.1) is 10.9 Å². The summed E-state index contributed by atoms with van der Waals surface area (Å²) in [6, 6.07) is 4.18. The number of nitrogens with zero attached hydrogens (tertiary/aromatic N) is 2. The summed E-state index contributed by atoms with van der Waals surface area (Å²) in [7, 11) is 0. The Labute approximate surface area is 116 Å². The Morgan fingerprint density at radius 1 is 1.42 bits per heavy atom. The predicted molar refractivity (Wildman–Crippen MR) is 76.9 cm³/mol. The van der Waals surface area contributed by atoms with Crippen LogP contribution >= 0.6 is 11.3 Å². The first-order valence-electron chi connectivity index (χ1n) is 6.46. The maximum Gasteiger partial charge on any atom is 0.339 e. The van der Waals surface area contributed by atoms with Crippen molar-refractivity contribution in [3.63, 3.8) is 0 Å². The van der Waals surface area contributed by atoms with E-state index in [4.69, 9.17) is 0 Å². The van der Waals surface area contributed by atoms with Crippen molar-refractivity contribution in [1.29, 1.82) is 0 Å². The lowest BCUT2D eigenvalue weighted by atomic mass is 10.2. The minimum Gasteiger partial charge on any atom is -0.478 e. The second-order valence-corrected chi connectivity index (χ2v) is 5.85. The van der Waals surface area contributed by atoms with Gasteiger partial charge in [-0.1, -0.05) is 13.8 Å². The Bertz CT molecular complexity index is 582. The van der Waals surface area contributed by atoms with Gasteiger partial charge >= 0.3 is 5.97 Å². The van der Waals surface area contributed by atoms with Crippen LogP contribution in [0.15, 0.2) is 18.3 Å². The van der Waals surface area contributed by atoms with Crippen LogP contribution in [0.3, 0.4) is 0 Å². The highest BCUT2D eigenvalue weighted by molar-refractivity contribution is 7.15. The van der Waals surface area contributed by atoms with Crippen LogP contribution in [0.5, 0.6) is 0 Å². The Balaban J connectivity index is 2.50. The van der Waals surface area contributed by atoms with Crippen molar-refractivity contribution in [2.24, 2.45) is 0 Å². The molecule has 0 spiro atoms. The van der Waals surface area contributed by atoms with Crippen molar-refractivity contribution in [2.45, 2.75) is 39.7 Å². The van der Waals surface area contributed by atoms with Gasteiger partial charge in [-0.05, 0) is 31.9 Å². The smallest absolute Gasteiger partial charge is 0.339 e.